The number of hydrogen-bond donors (Lipinski definition) is 0. The summed E-state index contributed by atoms with van der Waals surface area (Å²) in [6, 6.07) is 8.22. The van der Waals surface area contributed by atoms with Gasteiger partial charge in [0, 0.05) is 32.4 Å². The van der Waals surface area contributed by atoms with Crippen LogP contribution in [0.1, 0.15) is 47.3 Å². The van der Waals surface area contributed by atoms with Crippen LogP contribution in [0.2, 0.25) is 0 Å². The van der Waals surface area contributed by atoms with E-state index >= 15 is 0 Å². The minimum absolute atomic E-state index is 0.0601. The van der Waals surface area contributed by atoms with Crippen molar-refractivity contribution in [3.05, 3.63) is 47.3 Å². The Balaban J connectivity index is 1.38. The maximum absolute atomic E-state index is 13.1. The molecule has 0 N–H and O–H groups in total. The second kappa shape index (κ2) is 8.80. The number of likely N-dealkylation sites (tertiary alicyclic amines) is 1. The quantitative estimate of drug-likeness (QED) is 0.777. The highest BCUT2D eigenvalue weighted by Crippen LogP contribution is 2.25. The fourth-order valence-electron chi connectivity index (χ4n) is 4.36. The number of nitrogens with zero attached hydrogens (tertiary/aromatic N) is 4. The van der Waals surface area contributed by atoms with Gasteiger partial charge in [-0.2, -0.15) is 0 Å². The predicted molar refractivity (Wildman–Crippen MR) is 114 cm³/mol. The molecule has 2 fully saturated rings. The lowest BCUT2D eigenvalue weighted by molar-refractivity contribution is 0.0785. The Kier molecular flexibility index (Phi) is 5.97. The third-order valence-electron chi connectivity index (χ3n) is 6.09. The van der Waals surface area contributed by atoms with E-state index in [0.29, 0.717) is 11.5 Å². The molecule has 1 amide bonds. The van der Waals surface area contributed by atoms with E-state index in [9.17, 15) is 4.79 Å². The van der Waals surface area contributed by atoms with Crippen LogP contribution in [-0.2, 0) is 6.42 Å². The number of carbonyl (C=O) groups is 1. The fourth-order valence-corrected chi connectivity index (χ4v) is 4.36. The van der Waals surface area contributed by atoms with Gasteiger partial charge in [0.1, 0.15) is 5.75 Å². The summed E-state index contributed by atoms with van der Waals surface area (Å²) in [5, 5.41) is 0. The van der Waals surface area contributed by atoms with Gasteiger partial charge in [0.2, 0.25) is 5.95 Å². The van der Waals surface area contributed by atoms with Crippen LogP contribution in [0.25, 0.3) is 0 Å². The minimum Gasteiger partial charge on any atom is -0.497 e. The first-order chi connectivity index (χ1) is 14.1. The zero-order valence-electron chi connectivity index (χ0n) is 17.4. The van der Waals surface area contributed by atoms with Gasteiger partial charge in [0.25, 0.3) is 5.91 Å². The smallest absolute Gasteiger partial charge is 0.257 e. The summed E-state index contributed by atoms with van der Waals surface area (Å²) in [6.45, 7) is 5.52. The van der Waals surface area contributed by atoms with Crippen molar-refractivity contribution in [1.82, 2.24) is 14.9 Å². The molecule has 1 unspecified atom stereocenters. The molecule has 6 nitrogen and oxygen atoms in total. The van der Waals surface area contributed by atoms with Crippen molar-refractivity contribution in [3.63, 3.8) is 0 Å². The average Bonchev–Trinajstić information content (AvgIpc) is 3.23. The molecule has 0 aliphatic carbocycles. The molecule has 2 aliphatic rings. The van der Waals surface area contributed by atoms with Crippen LogP contribution in [0.3, 0.4) is 0 Å². The van der Waals surface area contributed by atoms with Crippen molar-refractivity contribution in [1.29, 1.82) is 0 Å². The van der Waals surface area contributed by atoms with Crippen LogP contribution >= 0.6 is 0 Å². The van der Waals surface area contributed by atoms with Gasteiger partial charge in [0.05, 0.1) is 18.4 Å². The number of aromatic nitrogens is 2. The van der Waals surface area contributed by atoms with Gasteiger partial charge < -0.3 is 14.5 Å². The molecule has 0 radical (unpaired) electrons. The first kappa shape index (κ1) is 19.7. The third-order valence-corrected chi connectivity index (χ3v) is 6.09. The van der Waals surface area contributed by atoms with Crippen LogP contribution in [0.5, 0.6) is 5.75 Å². The number of rotatable bonds is 5. The number of benzene rings is 1. The van der Waals surface area contributed by atoms with Crippen LogP contribution in [0.15, 0.2) is 30.5 Å². The monoisotopic (exact) mass is 394 g/mol. The summed E-state index contributed by atoms with van der Waals surface area (Å²) in [5.74, 6) is 2.18. The van der Waals surface area contributed by atoms with Crippen molar-refractivity contribution < 1.29 is 9.53 Å². The zero-order valence-corrected chi connectivity index (χ0v) is 17.4. The molecule has 6 heteroatoms. The molecule has 4 rings (SSSR count). The van der Waals surface area contributed by atoms with Crippen molar-refractivity contribution in [2.24, 2.45) is 5.92 Å². The molecule has 0 saturated carbocycles. The highest BCUT2D eigenvalue weighted by Gasteiger charge is 2.28. The largest absolute Gasteiger partial charge is 0.497 e. The van der Waals surface area contributed by atoms with Gasteiger partial charge in [-0.25, -0.2) is 9.97 Å². The number of amides is 1. The van der Waals surface area contributed by atoms with Gasteiger partial charge in [-0.05, 0) is 62.6 Å². The Bertz CT molecular complexity index is 846. The van der Waals surface area contributed by atoms with E-state index in [0.717, 1.165) is 56.4 Å². The van der Waals surface area contributed by atoms with Gasteiger partial charge >= 0.3 is 0 Å². The lowest BCUT2D eigenvalue weighted by Gasteiger charge is -2.27. The van der Waals surface area contributed by atoms with E-state index < -0.39 is 0 Å². The van der Waals surface area contributed by atoms with Gasteiger partial charge in [0.15, 0.2) is 0 Å². The fraction of sp³-hybridized carbons (Fsp3) is 0.522. The normalized spacial score (nSPS) is 19.4. The molecule has 1 atom stereocenters. The number of anilines is 1. The predicted octanol–water partition coefficient (Wildman–Crippen LogP) is 3.49. The van der Waals surface area contributed by atoms with E-state index in [1.807, 2.05) is 24.0 Å². The summed E-state index contributed by atoms with van der Waals surface area (Å²) < 4.78 is 5.23. The Morgan fingerprint density at radius 3 is 2.59 bits per heavy atom. The first-order valence-electron chi connectivity index (χ1n) is 10.6. The van der Waals surface area contributed by atoms with Gasteiger partial charge in [-0.3, -0.25) is 4.79 Å². The molecule has 2 aromatic rings. The van der Waals surface area contributed by atoms with Crippen LogP contribution in [0.4, 0.5) is 5.95 Å². The molecule has 0 bridgehead atoms. The molecular weight excluding hydrogens is 364 g/mol. The summed E-state index contributed by atoms with van der Waals surface area (Å²) in [4.78, 5) is 26.4. The molecule has 2 saturated heterocycles. The Morgan fingerprint density at radius 1 is 1.14 bits per heavy atom. The van der Waals surface area contributed by atoms with Crippen LogP contribution in [-0.4, -0.2) is 54.1 Å². The zero-order chi connectivity index (χ0) is 20.2. The maximum Gasteiger partial charge on any atom is 0.257 e. The minimum atomic E-state index is 0.0601. The molecule has 29 heavy (non-hydrogen) atoms. The number of piperidine rings is 1. The van der Waals surface area contributed by atoms with Crippen LogP contribution < -0.4 is 9.64 Å². The van der Waals surface area contributed by atoms with Crippen molar-refractivity contribution in [2.75, 3.05) is 38.2 Å². The molecule has 2 aliphatic heterocycles. The Labute approximate surface area is 172 Å². The highest BCUT2D eigenvalue weighted by molar-refractivity contribution is 5.95. The second-order valence-electron chi connectivity index (χ2n) is 8.17. The lowest BCUT2D eigenvalue weighted by Crippen LogP contribution is -2.32. The van der Waals surface area contributed by atoms with Gasteiger partial charge in [-0.1, -0.05) is 12.1 Å². The molecule has 3 heterocycles. The molecule has 1 aromatic carbocycles. The van der Waals surface area contributed by atoms with E-state index in [1.54, 1.807) is 13.3 Å². The summed E-state index contributed by atoms with van der Waals surface area (Å²) in [7, 11) is 1.68. The molecule has 1 aromatic heterocycles. The maximum atomic E-state index is 13.1. The van der Waals surface area contributed by atoms with Crippen LogP contribution in [0, 0.1) is 12.8 Å². The van der Waals surface area contributed by atoms with Crippen molar-refractivity contribution in [3.8, 4) is 5.75 Å². The number of ether oxygens (including phenoxy) is 1. The van der Waals surface area contributed by atoms with Crippen molar-refractivity contribution >= 4 is 11.9 Å². The van der Waals surface area contributed by atoms with Crippen molar-refractivity contribution in [2.45, 2.75) is 39.0 Å². The summed E-state index contributed by atoms with van der Waals surface area (Å²) >= 11 is 0. The average molecular weight is 395 g/mol. The summed E-state index contributed by atoms with van der Waals surface area (Å²) in [5.41, 5.74) is 2.70. The Hall–Kier alpha value is -2.63. The molecule has 0 spiro atoms. The number of carbonyl (C=O) groups excluding carboxylic acids is 1. The standard InChI is InChI=1S/C23H30N4O2/c1-17-21(15-24-23(25-17)26-11-4-3-5-12-26)22(28)27-13-10-19(16-27)14-18-6-8-20(29-2)9-7-18/h6-9,15,19H,3-5,10-14,16H2,1-2H3. The molecule has 154 valence electrons. The Morgan fingerprint density at radius 2 is 1.90 bits per heavy atom. The number of hydrogen-bond acceptors (Lipinski definition) is 5. The lowest BCUT2D eigenvalue weighted by atomic mass is 9.99. The summed E-state index contributed by atoms with van der Waals surface area (Å²) in [6.07, 6.45) is 7.39. The highest BCUT2D eigenvalue weighted by atomic mass is 16.5. The SMILES string of the molecule is COc1ccc(CC2CCN(C(=O)c3cnc(N4CCCCC4)nc3C)C2)cc1. The number of aryl methyl sites for hydroxylation is 1. The van der Waals surface area contributed by atoms with E-state index in [1.165, 1.54) is 24.8 Å². The third kappa shape index (κ3) is 4.52. The number of methoxy groups -OCH3 is 1. The van der Waals surface area contributed by atoms with E-state index in [2.05, 4.69) is 27.0 Å². The second-order valence-corrected chi connectivity index (χ2v) is 8.17. The topological polar surface area (TPSA) is 58.6 Å². The van der Waals surface area contributed by atoms with E-state index in [-0.39, 0.29) is 5.91 Å². The molecular formula is C23H30N4O2. The first-order valence-corrected chi connectivity index (χ1v) is 10.6. The van der Waals surface area contributed by atoms with Gasteiger partial charge in [-0.15, -0.1) is 0 Å². The van der Waals surface area contributed by atoms with E-state index in [4.69, 9.17) is 4.74 Å².